The predicted molar refractivity (Wildman–Crippen MR) is 73.5 cm³/mol. The monoisotopic (exact) mass is 289 g/mol. The summed E-state index contributed by atoms with van der Waals surface area (Å²) in [6.45, 7) is 3.37. The molecule has 21 heavy (non-hydrogen) atoms. The van der Waals surface area contributed by atoms with E-state index in [1.165, 1.54) is 19.1 Å². The number of carbonyl (C=O) groups excluding carboxylic acids is 2. The van der Waals surface area contributed by atoms with Crippen molar-refractivity contribution in [2.75, 3.05) is 13.1 Å². The predicted octanol–water partition coefficient (Wildman–Crippen LogP) is 1.21. The number of fused-ring (bicyclic) bond motifs is 1. The van der Waals surface area contributed by atoms with Gasteiger partial charge >= 0.3 is 0 Å². The largest absolute Gasteiger partial charge is 0.364 e. The van der Waals surface area contributed by atoms with E-state index in [1.54, 1.807) is 6.92 Å². The maximum atomic E-state index is 12.6. The van der Waals surface area contributed by atoms with Crippen LogP contribution in [0.1, 0.15) is 41.7 Å². The van der Waals surface area contributed by atoms with Crippen molar-refractivity contribution in [3.05, 3.63) is 17.5 Å². The molecule has 0 spiro atoms. The summed E-state index contributed by atoms with van der Waals surface area (Å²) in [4.78, 5) is 28.7. The van der Waals surface area contributed by atoms with Crippen LogP contribution in [0.2, 0.25) is 0 Å². The van der Waals surface area contributed by atoms with Gasteiger partial charge in [0, 0.05) is 19.5 Å². The Bertz CT molecular complexity index is 593. The third-order valence-corrected chi connectivity index (χ3v) is 5.01. The van der Waals surface area contributed by atoms with E-state index in [-0.39, 0.29) is 23.9 Å². The molecule has 4 rings (SSSR count). The van der Waals surface area contributed by atoms with E-state index in [1.807, 2.05) is 9.80 Å². The molecule has 1 aromatic heterocycles. The van der Waals surface area contributed by atoms with Crippen LogP contribution in [0.3, 0.4) is 0 Å². The Balaban J connectivity index is 1.53. The fourth-order valence-electron chi connectivity index (χ4n) is 3.65. The van der Waals surface area contributed by atoms with Gasteiger partial charge in [0.15, 0.2) is 0 Å². The number of nitrogens with zero attached hydrogens (tertiary/aromatic N) is 3. The molecule has 2 unspecified atom stereocenters. The second-order valence-electron chi connectivity index (χ2n) is 6.43. The van der Waals surface area contributed by atoms with Gasteiger partial charge in [0.05, 0.1) is 17.8 Å². The van der Waals surface area contributed by atoms with E-state index in [0.29, 0.717) is 30.1 Å². The SMILES string of the molecule is Cc1nocc1C(=O)N1CCC2C1CC(=O)N2CC1CC1. The molecule has 2 saturated heterocycles. The van der Waals surface area contributed by atoms with Gasteiger partial charge in [-0.1, -0.05) is 5.16 Å². The molecule has 1 saturated carbocycles. The smallest absolute Gasteiger partial charge is 0.259 e. The van der Waals surface area contributed by atoms with Gasteiger partial charge in [-0.2, -0.15) is 0 Å². The molecule has 3 aliphatic rings. The number of aryl methyl sites for hydroxylation is 1. The van der Waals surface area contributed by atoms with E-state index in [0.717, 1.165) is 13.0 Å². The highest BCUT2D eigenvalue weighted by Crippen LogP contribution is 2.38. The summed E-state index contributed by atoms with van der Waals surface area (Å²) in [5.74, 6) is 0.844. The zero-order chi connectivity index (χ0) is 14.6. The standard InChI is InChI=1S/C15H19N3O3/c1-9-11(8-21-16-9)15(20)17-5-4-12-13(17)6-14(19)18(12)7-10-2-3-10/h8,10,12-13H,2-7H2,1H3. The molecule has 2 amide bonds. The van der Waals surface area contributed by atoms with Gasteiger partial charge in [-0.05, 0) is 32.1 Å². The van der Waals surface area contributed by atoms with Crippen LogP contribution in [0.5, 0.6) is 0 Å². The molecule has 112 valence electrons. The maximum Gasteiger partial charge on any atom is 0.259 e. The molecule has 0 radical (unpaired) electrons. The molecule has 6 heteroatoms. The van der Waals surface area contributed by atoms with Crippen LogP contribution in [-0.2, 0) is 4.79 Å². The second-order valence-corrected chi connectivity index (χ2v) is 6.43. The first-order valence-electron chi connectivity index (χ1n) is 7.66. The van der Waals surface area contributed by atoms with Crippen LogP contribution >= 0.6 is 0 Å². The van der Waals surface area contributed by atoms with E-state index < -0.39 is 0 Å². The van der Waals surface area contributed by atoms with Crippen molar-refractivity contribution in [1.29, 1.82) is 0 Å². The minimum absolute atomic E-state index is 0.0260. The average Bonchev–Trinajstić information content (AvgIpc) is 2.90. The van der Waals surface area contributed by atoms with Crippen LogP contribution in [-0.4, -0.2) is 51.9 Å². The number of rotatable bonds is 3. The lowest BCUT2D eigenvalue weighted by Crippen LogP contribution is -2.40. The first-order chi connectivity index (χ1) is 10.1. The highest BCUT2D eigenvalue weighted by molar-refractivity contribution is 5.96. The Morgan fingerprint density at radius 2 is 2.19 bits per heavy atom. The van der Waals surface area contributed by atoms with E-state index >= 15 is 0 Å². The molecule has 0 aromatic carbocycles. The third kappa shape index (κ3) is 2.04. The highest BCUT2D eigenvalue weighted by atomic mass is 16.5. The van der Waals surface area contributed by atoms with Crippen LogP contribution < -0.4 is 0 Å². The molecule has 1 aliphatic carbocycles. The Kier molecular flexibility index (Phi) is 2.80. The Morgan fingerprint density at radius 1 is 1.38 bits per heavy atom. The fourth-order valence-corrected chi connectivity index (χ4v) is 3.65. The van der Waals surface area contributed by atoms with Crippen LogP contribution in [0.25, 0.3) is 0 Å². The molecular weight excluding hydrogens is 270 g/mol. The van der Waals surface area contributed by atoms with E-state index in [4.69, 9.17) is 4.52 Å². The van der Waals surface area contributed by atoms with Gasteiger partial charge in [-0.15, -0.1) is 0 Å². The summed E-state index contributed by atoms with van der Waals surface area (Å²) in [6.07, 6.45) is 5.24. The third-order valence-electron chi connectivity index (χ3n) is 5.01. The number of hydrogen-bond acceptors (Lipinski definition) is 4. The first-order valence-corrected chi connectivity index (χ1v) is 7.66. The first kappa shape index (κ1) is 12.9. The van der Waals surface area contributed by atoms with E-state index in [2.05, 4.69) is 5.16 Å². The lowest BCUT2D eigenvalue weighted by molar-refractivity contribution is -0.129. The van der Waals surface area contributed by atoms with Crippen molar-refractivity contribution < 1.29 is 14.1 Å². The van der Waals surface area contributed by atoms with Crippen molar-refractivity contribution in [2.45, 2.75) is 44.7 Å². The molecule has 0 N–H and O–H groups in total. The van der Waals surface area contributed by atoms with Gasteiger partial charge < -0.3 is 14.3 Å². The summed E-state index contributed by atoms with van der Waals surface area (Å²) in [6, 6.07) is 0.236. The van der Waals surface area contributed by atoms with Gasteiger partial charge in [0.2, 0.25) is 5.91 Å². The summed E-state index contributed by atoms with van der Waals surface area (Å²) >= 11 is 0. The second kappa shape index (κ2) is 4.58. The lowest BCUT2D eigenvalue weighted by atomic mass is 10.1. The molecule has 3 heterocycles. The average molecular weight is 289 g/mol. The molecule has 2 atom stereocenters. The van der Waals surface area contributed by atoms with Crippen LogP contribution in [0.15, 0.2) is 10.8 Å². The van der Waals surface area contributed by atoms with Gasteiger partial charge in [0.25, 0.3) is 5.91 Å². The Morgan fingerprint density at radius 3 is 2.86 bits per heavy atom. The zero-order valence-electron chi connectivity index (χ0n) is 12.1. The number of likely N-dealkylation sites (tertiary alicyclic amines) is 2. The topological polar surface area (TPSA) is 66.7 Å². The van der Waals surface area contributed by atoms with Crippen molar-refractivity contribution in [1.82, 2.24) is 15.0 Å². The number of hydrogen-bond donors (Lipinski definition) is 0. The quantitative estimate of drug-likeness (QED) is 0.839. The van der Waals surface area contributed by atoms with Crippen molar-refractivity contribution in [3.8, 4) is 0 Å². The molecule has 1 aromatic rings. The van der Waals surface area contributed by atoms with Gasteiger partial charge in [0.1, 0.15) is 11.8 Å². The summed E-state index contributed by atoms with van der Waals surface area (Å²) < 4.78 is 4.87. The minimum Gasteiger partial charge on any atom is -0.364 e. The molecule has 0 bridgehead atoms. The number of aromatic nitrogens is 1. The molecule has 3 fully saturated rings. The maximum absolute atomic E-state index is 12.6. The fraction of sp³-hybridized carbons (Fsp3) is 0.667. The highest BCUT2D eigenvalue weighted by Gasteiger charge is 2.49. The van der Waals surface area contributed by atoms with E-state index in [9.17, 15) is 9.59 Å². The van der Waals surface area contributed by atoms with Crippen molar-refractivity contribution >= 4 is 11.8 Å². The summed E-state index contributed by atoms with van der Waals surface area (Å²) in [7, 11) is 0. The Labute approximate surface area is 123 Å². The Hall–Kier alpha value is -1.85. The van der Waals surface area contributed by atoms with Crippen molar-refractivity contribution in [3.63, 3.8) is 0 Å². The molecule has 6 nitrogen and oxygen atoms in total. The summed E-state index contributed by atoms with van der Waals surface area (Å²) in [5.41, 5.74) is 1.13. The normalized spacial score (nSPS) is 28.3. The van der Waals surface area contributed by atoms with Crippen molar-refractivity contribution in [2.24, 2.45) is 5.92 Å². The molecule has 2 aliphatic heterocycles. The van der Waals surface area contributed by atoms with Crippen LogP contribution in [0, 0.1) is 12.8 Å². The molecular formula is C15H19N3O3. The minimum atomic E-state index is -0.0534. The van der Waals surface area contributed by atoms with Gasteiger partial charge in [-0.25, -0.2) is 0 Å². The zero-order valence-corrected chi connectivity index (χ0v) is 12.1. The number of amides is 2. The van der Waals surface area contributed by atoms with Crippen LogP contribution in [0.4, 0.5) is 0 Å². The lowest BCUT2D eigenvalue weighted by Gasteiger charge is -2.25. The number of carbonyl (C=O) groups is 2. The van der Waals surface area contributed by atoms with Gasteiger partial charge in [-0.3, -0.25) is 9.59 Å². The summed E-state index contributed by atoms with van der Waals surface area (Å²) in [5, 5.41) is 3.77.